The predicted molar refractivity (Wildman–Crippen MR) is 73.2 cm³/mol. The van der Waals surface area contributed by atoms with Crippen LogP contribution in [0.15, 0.2) is 12.1 Å². The van der Waals surface area contributed by atoms with E-state index in [4.69, 9.17) is 32.7 Å². The van der Waals surface area contributed by atoms with Gasteiger partial charge in [-0.1, -0.05) is 23.2 Å². The third kappa shape index (κ3) is 2.27. The topological polar surface area (TPSA) is 44.2 Å². The summed E-state index contributed by atoms with van der Waals surface area (Å²) in [6.45, 7) is 2.41. The maximum absolute atomic E-state index is 13.5. The van der Waals surface area contributed by atoms with Crippen molar-refractivity contribution in [3.05, 3.63) is 33.8 Å². The maximum Gasteiger partial charge on any atom is 0.181 e. The van der Waals surface area contributed by atoms with Crippen molar-refractivity contribution < 1.29 is 13.9 Å². The highest BCUT2D eigenvalue weighted by Gasteiger charge is 2.19. The first-order valence-electron chi connectivity index (χ1n) is 5.85. The van der Waals surface area contributed by atoms with E-state index in [2.05, 4.69) is 9.97 Å². The first-order chi connectivity index (χ1) is 9.56. The van der Waals surface area contributed by atoms with Crippen LogP contribution in [0, 0.1) is 12.7 Å². The van der Waals surface area contributed by atoms with Gasteiger partial charge in [-0.05, 0) is 19.1 Å². The van der Waals surface area contributed by atoms with Gasteiger partial charge in [-0.15, -0.1) is 0 Å². The standard InChI is InChI=1S/C13H9Cl2FN2O2/c1-6-10(16)12(15)18-13(17-6)7-4-8(14)11-9(5-7)19-2-3-20-11/h4-5H,2-3H2,1H3. The summed E-state index contributed by atoms with van der Waals surface area (Å²) < 4.78 is 24.4. The van der Waals surface area contributed by atoms with E-state index >= 15 is 0 Å². The van der Waals surface area contributed by atoms with Gasteiger partial charge >= 0.3 is 0 Å². The molecule has 0 spiro atoms. The lowest BCUT2D eigenvalue weighted by molar-refractivity contribution is 0.172. The van der Waals surface area contributed by atoms with Crippen LogP contribution in [0.25, 0.3) is 11.4 Å². The molecule has 0 bridgehead atoms. The summed E-state index contributed by atoms with van der Waals surface area (Å²) in [4.78, 5) is 7.99. The number of aryl methyl sites for hydroxylation is 1. The van der Waals surface area contributed by atoms with Crippen molar-refractivity contribution in [2.45, 2.75) is 6.92 Å². The van der Waals surface area contributed by atoms with E-state index < -0.39 is 5.82 Å². The summed E-state index contributed by atoms with van der Waals surface area (Å²) in [7, 11) is 0. The number of benzene rings is 1. The molecule has 0 fully saturated rings. The molecule has 1 aliphatic rings. The van der Waals surface area contributed by atoms with E-state index in [-0.39, 0.29) is 16.7 Å². The van der Waals surface area contributed by atoms with Crippen LogP contribution in [0.4, 0.5) is 4.39 Å². The molecule has 7 heteroatoms. The Kier molecular flexibility index (Phi) is 3.40. The number of aromatic nitrogens is 2. The van der Waals surface area contributed by atoms with Gasteiger partial charge in [0.05, 0.1) is 10.7 Å². The molecule has 0 unspecified atom stereocenters. The van der Waals surface area contributed by atoms with Gasteiger partial charge in [-0.2, -0.15) is 0 Å². The second-order valence-corrected chi connectivity index (χ2v) is 4.98. The molecule has 3 rings (SSSR count). The van der Waals surface area contributed by atoms with Crippen molar-refractivity contribution in [1.82, 2.24) is 9.97 Å². The van der Waals surface area contributed by atoms with Crippen LogP contribution < -0.4 is 9.47 Å². The molecule has 0 aliphatic carbocycles. The molecule has 2 heterocycles. The number of hydrogen-bond acceptors (Lipinski definition) is 4. The molecule has 0 N–H and O–H groups in total. The summed E-state index contributed by atoms with van der Waals surface area (Å²) in [6, 6.07) is 3.33. The van der Waals surface area contributed by atoms with E-state index in [1.54, 1.807) is 12.1 Å². The molecular weight excluding hydrogens is 306 g/mol. The average molecular weight is 315 g/mol. The fraction of sp³-hybridized carbons (Fsp3) is 0.231. The van der Waals surface area contributed by atoms with E-state index in [1.807, 2.05) is 0 Å². The number of halogens is 3. The van der Waals surface area contributed by atoms with Gasteiger partial charge in [-0.3, -0.25) is 0 Å². The van der Waals surface area contributed by atoms with Crippen molar-refractivity contribution >= 4 is 23.2 Å². The van der Waals surface area contributed by atoms with E-state index in [0.717, 1.165) is 0 Å². The number of fused-ring (bicyclic) bond motifs is 1. The molecule has 104 valence electrons. The summed E-state index contributed by atoms with van der Waals surface area (Å²) in [5, 5.41) is 0.164. The van der Waals surface area contributed by atoms with Gasteiger partial charge in [0.1, 0.15) is 13.2 Å². The van der Waals surface area contributed by atoms with Crippen molar-refractivity contribution in [2.24, 2.45) is 0 Å². The minimum Gasteiger partial charge on any atom is -0.486 e. The Hall–Kier alpha value is -1.59. The van der Waals surface area contributed by atoms with E-state index in [9.17, 15) is 4.39 Å². The molecular formula is C13H9Cl2FN2O2. The molecule has 0 atom stereocenters. The molecule has 1 aliphatic heterocycles. The van der Waals surface area contributed by atoms with Crippen LogP contribution >= 0.6 is 23.2 Å². The highest BCUT2D eigenvalue weighted by molar-refractivity contribution is 6.32. The highest BCUT2D eigenvalue weighted by Crippen LogP contribution is 2.40. The lowest BCUT2D eigenvalue weighted by Crippen LogP contribution is -2.15. The summed E-state index contributed by atoms with van der Waals surface area (Å²) in [5.74, 6) is 0.666. The van der Waals surface area contributed by atoms with Crippen LogP contribution in [0.1, 0.15) is 5.69 Å². The fourth-order valence-corrected chi connectivity index (χ4v) is 2.38. The Morgan fingerprint density at radius 3 is 2.65 bits per heavy atom. The first-order valence-corrected chi connectivity index (χ1v) is 6.61. The number of rotatable bonds is 1. The smallest absolute Gasteiger partial charge is 0.181 e. The summed E-state index contributed by atoms with van der Waals surface area (Å²) in [6.07, 6.45) is 0. The summed E-state index contributed by atoms with van der Waals surface area (Å²) in [5.41, 5.74) is 0.760. The zero-order valence-electron chi connectivity index (χ0n) is 10.4. The maximum atomic E-state index is 13.5. The minimum absolute atomic E-state index is 0.172. The Balaban J connectivity index is 2.13. The normalized spacial score (nSPS) is 13.4. The lowest BCUT2D eigenvalue weighted by atomic mass is 10.1. The zero-order valence-corrected chi connectivity index (χ0v) is 11.9. The van der Waals surface area contributed by atoms with Gasteiger partial charge in [0, 0.05) is 5.56 Å². The summed E-state index contributed by atoms with van der Waals surface area (Å²) >= 11 is 11.9. The lowest BCUT2D eigenvalue weighted by Gasteiger charge is -2.20. The van der Waals surface area contributed by atoms with Gasteiger partial charge in [-0.25, -0.2) is 14.4 Å². The van der Waals surface area contributed by atoms with Gasteiger partial charge in [0.2, 0.25) is 0 Å². The Bertz CT molecular complexity index is 671. The number of hydrogen-bond donors (Lipinski definition) is 0. The van der Waals surface area contributed by atoms with Crippen molar-refractivity contribution in [2.75, 3.05) is 13.2 Å². The molecule has 1 aromatic heterocycles. The average Bonchev–Trinajstić information content (AvgIpc) is 2.44. The molecule has 0 saturated carbocycles. The number of nitrogens with zero attached hydrogens (tertiary/aromatic N) is 2. The Morgan fingerprint density at radius 2 is 1.90 bits per heavy atom. The molecule has 0 amide bonds. The third-order valence-electron chi connectivity index (χ3n) is 2.83. The molecule has 0 saturated heterocycles. The molecule has 4 nitrogen and oxygen atoms in total. The zero-order chi connectivity index (χ0) is 14.3. The predicted octanol–water partition coefficient (Wildman–Crippen LogP) is 3.67. The Morgan fingerprint density at radius 1 is 1.15 bits per heavy atom. The third-order valence-corrected chi connectivity index (χ3v) is 3.36. The highest BCUT2D eigenvalue weighted by atomic mass is 35.5. The van der Waals surface area contributed by atoms with E-state index in [1.165, 1.54) is 6.92 Å². The minimum atomic E-state index is -0.626. The molecule has 20 heavy (non-hydrogen) atoms. The van der Waals surface area contributed by atoms with Gasteiger partial charge in [0.25, 0.3) is 0 Å². The van der Waals surface area contributed by atoms with Crippen molar-refractivity contribution in [1.29, 1.82) is 0 Å². The van der Waals surface area contributed by atoms with Crippen LogP contribution in [0.5, 0.6) is 11.5 Å². The van der Waals surface area contributed by atoms with E-state index in [0.29, 0.717) is 35.3 Å². The second-order valence-electron chi connectivity index (χ2n) is 4.22. The monoisotopic (exact) mass is 314 g/mol. The second kappa shape index (κ2) is 5.07. The van der Waals surface area contributed by atoms with Crippen LogP contribution in [-0.2, 0) is 0 Å². The molecule has 2 aromatic rings. The van der Waals surface area contributed by atoms with Crippen molar-refractivity contribution in [3.63, 3.8) is 0 Å². The largest absolute Gasteiger partial charge is 0.486 e. The van der Waals surface area contributed by atoms with Crippen LogP contribution in [-0.4, -0.2) is 23.2 Å². The quantitative estimate of drug-likeness (QED) is 0.753. The Labute approximate surface area is 124 Å². The molecule has 1 aromatic carbocycles. The van der Waals surface area contributed by atoms with Crippen LogP contribution in [0.2, 0.25) is 10.2 Å². The SMILES string of the molecule is Cc1nc(-c2cc(Cl)c3c(c2)OCCO3)nc(Cl)c1F. The van der Waals surface area contributed by atoms with Gasteiger partial charge < -0.3 is 9.47 Å². The molecule has 0 radical (unpaired) electrons. The first kappa shape index (κ1) is 13.4. The number of ether oxygens (including phenoxy) is 2. The van der Waals surface area contributed by atoms with Crippen molar-refractivity contribution in [3.8, 4) is 22.9 Å². The van der Waals surface area contributed by atoms with Gasteiger partial charge in [0.15, 0.2) is 28.3 Å². The fourth-order valence-electron chi connectivity index (χ4n) is 1.89. The van der Waals surface area contributed by atoms with Crippen LogP contribution in [0.3, 0.4) is 0 Å².